The summed E-state index contributed by atoms with van der Waals surface area (Å²) in [6.45, 7) is 63.3. The summed E-state index contributed by atoms with van der Waals surface area (Å²) in [5, 5.41) is 34.5. The Labute approximate surface area is 910 Å². The molecule has 21 nitrogen and oxygen atoms in total. The Bertz CT molecular complexity index is 6250. The average molecular weight is 2220 g/mol. The van der Waals surface area contributed by atoms with Crippen LogP contribution >= 0.6 is 60.6 Å². The quantitative estimate of drug-likeness (QED) is 0.0154. The van der Waals surface area contributed by atoms with E-state index in [2.05, 4.69) is 336 Å². The normalized spacial score (nSPS) is 14.0. The van der Waals surface area contributed by atoms with E-state index < -0.39 is 0 Å². The van der Waals surface area contributed by atoms with Crippen molar-refractivity contribution in [3.8, 4) is 0 Å². The van der Waals surface area contributed by atoms with E-state index in [4.69, 9.17) is 90.5 Å². The summed E-state index contributed by atoms with van der Waals surface area (Å²) in [6.07, 6.45) is 2.67. The fraction of sp³-hybridized carbons (Fsp3) is 0.353. The number of rotatable bonds is 22. The standard InChI is InChI=1S/C41H48N5O2.C39H44N5O2.C36H46N5O2.6ClH.3Fe/c1-27(2)34-24-36(28(3)4)39(37(25-34)29(5)6)43-41(33-18-20-35(21-19-33)46(47)48)45-23-13-22-44(26-45)40(32-16-10-9-11-17-32)42-38-30(7)14-12-15-31(38)8;1-26(2)34-15-11-16-35(27(3)4)37(34)41-38(31-13-9-8-10-14-31)42-21-12-22-43(25-42)39(32-17-19-33(20-18-32)44(45)46)40-36-29(6)23-28(5)24-30(36)7;1-23(2)30-20-32(24(3)4)35(33(21-30)25(5)6)38-36(29-14-16-31(17-15-29)41(42)43)40-19-11-18-39(22-40)28(9)37-34-26(7)12-10-13-27(34)8;;;;;;;;;/h9-12,14-21,24-29H,13,22-23H2,1-8H3;8-11,13-20,23-27H,12,21-22H2,1-7H3;10,12-17,20-25H,11,18-19H2,1-9H3;6*1H;;;/q3*-1;;;;;;;3*+3/p-6. The molecule has 0 N–H and O–H groups in total. The molecule has 11 aromatic carbocycles. The topological polar surface area (TPSA) is 223 Å². The number of hydrogen-bond acceptors (Lipinski definition) is 12. The molecule has 0 bridgehead atoms. The van der Waals surface area contributed by atoms with E-state index in [0.29, 0.717) is 23.7 Å². The van der Waals surface area contributed by atoms with E-state index in [1.54, 1.807) is 48.5 Å². The molecule has 779 valence electrons. The van der Waals surface area contributed by atoms with E-state index in [1.807, 2.05) is 55.5 Å². The second-order valence-corrected chi connectivity index (χ2v) is 44.5. The van der Waals surface area contributed by atoms with Gasteiger partial charge >= 0.3 is 100.0 Å². The zero-order chi connectivity index (χ0) is 107. The molecular formula is C116H138Cl6Fe3N15O6. The van der Waals surface area contributed by atoms with Gasteiger partial charge in [-0.15, -0.1) is 0 Å². The average Bonchev–Trinajstić information content (AvgIpc) is 0.780. The monoisotopic (exact) mass is 2210 g/mol. The van der Waals surface area contributed by atoms with Gasteiger partial charge in [-0.05, 0) is 276 Å². The van der Waals surface area contributed by atoms with Crippen molar-refractivity contribution in [1.29, 1.82) is 0 Å². The Balaban J connectivity index is 0.000000234. The zero-order valence-electron chi connectivity index (χ0n) is 88.1. The molecule has 0 spiro atoms. The molecule has 3 aliphatic heterocycles. The zero-order valence-corrected chi connectivity index (χ0v) is 95.9. The molecule has 3 heterocycles. The van der Waals surface area contributed by atoms with Crippen molar-refractivity contribution >= 4 is 147 Å². The van der Waals surface area contributed by atoms with Crippen molar-refractivity contribution < 1.29 is 54.2 Å². The summed E-state index contributed by atoms with van der Waals surface area (Å²) >= 11 is 0.583. The third-order valence-electron chi connectivity index (χ3n) is 25.5. The van der Waals surface area contributed by atoms with Gasteiger partial charge in [-0.3, -0.25) is 30.3 Å². The first kappa shape index (κ1) is 119. The minimum atomic E-state index is -0.368. The fourth-order valence-electron chi connectivity index (χ4n) is 17.8. The van der Waals surface area contributed by atoms with Crippen molar-refractivity contribution in [2.45, 2.75) is 233 Å². The summed E-state index contributed by atoms with van der Waals surface area (Å²) in [6, 6.07) is 73.4. The molecule has 146 heavy (non-hydrogen) atoms. The van der Waals surface area contributed by atoms with Gasteiger partial charge in [-0.25, -0.2) is 30.0 Å². The number of benzene rings is 11. The van der Waals surface area contributed by atoms with Crippen molar-refractivity contribution in [3.05, 3.63) is 386 Å². The van der Waals surface area contributed by atoms with Crippen LogP contribution in [-0.4, -0.2) is 118 Å². The SMILES string of the molecule is CC(=Nc1c(C)cccc1C)N1[CH-]N(C(=Nc2c(C(C)C)cc(C(C)C)cc2C(C)C)c2ccc([N+](=O)[O-])cc2)CCC1.Cc1cc(C)c(N=C(c2ccc([N+](=O)[O-])cc2)N2[CH-]N(C(=Nc3c(C(C)C)cccc3C(C)C)c3ccccc3)CCC2)c(C)c1.Cc1cccc(C)c1N=C(c1ccccc1)N1[CH-]N(C(=Nc2c(C(C)C)cc(C(C)C)cc2C(C)C)c2ccc([N+](=O)[O-])cc2)CCC1.[Cl][Fe+][Cl].[Cl][Fe+][Cl].[Cl][Fe+][Cl]. The fourth-order valence-corrected chi connectivity index (χ4v) is 17.8. The van der Waals surface area contributed by atoms with Crippen LogP contribution in [0.1, 0.15) is 296 Å². The van der Waals surface area contributed by atoms with Gasteiger partial charge in [-0.1, -0.05) is 268 Å². The van der Waals surface area contributed by atoms with Gasteiger partial charge in [0.25, 0.3) is 17.1 Å². The summed E-state index contributed by atoms with van der Waals surface area (Å²) in [4.78, 5) is 78.7. The van der Waals surface area contributed by atoms with E-state index in [9.17, 15) is 30.3 Å². The maximum absolute atomic E-state index is 11.6. The van der Waals surface area contributed by atoms with Crippen molar-refractivity contribution in [2.24, 2.45) is 30.0 Å². The molecular weight excluding hydrogens is 2080 g/mol. The number of non-ortho nitro benzene ring substituents is 3. The molecule has 0 unspecified atom stereocenters. The molecule has 3 fully saturated rings. The molecule has 3 aliphatic rings. The van der Waals surface area contributed by atoms with Crippen LogP contribution in [0.5, 0.6) is 0 Å². The molecule has 0 atom stereocenters. The number of halogens is 6. The summed E-state index contributed by atoms with van der Waals surface area (Å²) in [7, 11) is 28.6. The Morgan fingerprint density at radius 2 is 0.493 bits per heavy atom. The predicted octanol–water partition coefficient (Wildman–Crippen LogP) is 34.0. The molecule has 11 aromatic rings. The van der Waals surface area contributed by atoms with E-state index >= 15 is 0 Å². The Kier molecular flexibility index (Phi) is 47.4. The van der Waals surface area contributed by atoms with E-state index in [-0.39, 0.29) is 94.9 Å². The van der Waals surface area contributed by atoms with Crippen LogP contribution in [0.25, 0.3) is 0 Å². The number of para-hydroxylation sites is 3. The Morgan fingerprint density at radius 1 is 0.274 bits per heavy atom. The predicted molar refractivity (Wildman–Crippen MR) is 603 cm³/mol. The summed E-state index contributed by atoms with van der Waals surface area (Å²) in [5.41, 5.74) is 28.4. The van der Waals surface area contributed by atoms with Gasteiger partial charge in [0.2, 0.25) is 0 Å². The molecule has 0 amide bonds. The second-order valence-electron chi connectivity index (χ2n) is 39.0. The Morgan fingerprint density at radius 3 is 0.747 bits per heavy atom. The van der Waals surface area contributed by atoms with Crippen LogP contribution < -0.4 is 0 Å². The molecule has 14 rings (SSSR count). The van der Waals surface area contributed by atoms with E-state index in [1.165, 1.54) is 50.1 Å². The van der Waals surface area contributed by atoms with Crippen LogP contribution in [0.15, 0.2) is 254 Å². The molecule has 0 saturated carbocycles. The molecule has 0 aromatic heterocycles. The van der Waals surface area contributed by atoms with Crippen LogP contribution in [-0.2, 0) is 39.4 Å². The van der Waals surface area contributed by atoms with Crippen molar-refractivity contribution in [2.75, 3.05) is 39.3 Å². The third kappa shape index (κ3) is 32.9. The number of nitro benzene ring substituents is 3. The maximum atomic E-state index is 11.6. The second kappa shape index (κ2) is 58.1. The van der Waals surface area contributed by atoms with Crippen LogP contribution in [0, 0.1) is 98.8 Å². The number of aliphatic imine (C=N–C) groups is 6. The van der Waals surface area contributed by atoms with Gasteiger partial charge in [0.05, 0.1) is 54.7 Å². The van der Waals surface area contributed by atoms with Crippen LogP contribution in [0.4, 0.5) is 51.2 Å². The van der Waals surface area contributed by atoms with Crippen LogP contribution in [0.3, 0.4) is 0 Å². The molecule has 3 saturated heterocycles. The molecule has 0 aliphatic carbocycles. The van der Waals surface area contributed by atoms with E-state index in [0.717, 1.165) is 189 Å². The van der Waals surface area contributed by atoms with Crippen molar-refractivity contribution in [3.63, 3.8) is 0 Å². The first-order valence-corrected chi connectivity index (χ1v) is 58.4. The first-order valence-electron chi connectivity index (χ1n) is 49.3. The molecule has 0 radical (unpaired) electrons. The van der Waals surface area contributed by atoms with Crippen molar-refractivity contribution in [1.82, 2.24) is 29.4 Å². The van der Waals surface area contributed by atoms with Gasteiger partial charge in [-0.2, -0.15) is 20.0 Å². The summed E-state index contributed by atoms with van der Waals surface area (Å²) in [5.74, 6) is 7.45. The third-order valence-corrected chi connectivity index (χ3v) is 25.5. The molecule has 30 heteroatoms. The number of hydrogen-bond donors (Lipinski definition) is 0. The number of aryl methyl sites for hydroxylation is 7. The van der Waals surface area contributed by atoms with Crippen LogP contribution in [0.2, 0.25) is 0 Å². The minimum absolute atomic E-state index is 0.0540. The number of amidine groups is 6. The Hall–Kier alpha value is -10.3. The summed E-state index contributed by atoms with van der Waals surface area (Å²) < 4.78 is 0. The van der Waals surface area contributed by atoms with Gasteiger partial charge in [0, 0.05) is 64.2 Å². The number of nitrogens with zero attached hydrogens (tertiary/aromatic N) is 15. The first-order chi connectivity index (χ1) is 69.6. The van der Waals surface area contributed by atoms with Gasteiger partial charge < -0.3 is 29.4 Å². The number of nitro groups is 3. The van der Waals surface area contributed by atoms with Gasteiger partial charge in [0.15, 0.2) is 0 Å². The van der Waals surface area contributed by atoms with Gasteiger partial charge in [0.1, 0.15) is 29.2 Å².